The van der Waals surface area contributed by atoms with Crippen LogP contribution < -0.4 is 10.1 Å². The molecule has 0 unspecified atom stereocenters. The third kappa shape index (κ3) is 8.05. The van der Waals surface area contributed by atoms with Crippen LogP contribution >= 0.6 is 11.6 Å². The Morgan fingerprint density at radius 3 is 2.70 bits per heavy atom. The lowest BCUT2D eigenvalue weighted by atomic mass is 9.93. The lowest BCUT2D eigenvalue weighted by molar-refractivity contribution is 0.0951. The summed E-state index contributed by atoms with van der Waals surface area (Å²) in [5, 5.41) is 12.6. The SMILES string of the molecule is COCCn1c(CN2CCC(c3cccc(OCc4ccc(Cl)cc4F)n3)CC2)nc2cc(C(=O)NCc3ccc(O)nc3)ccc21. The number of carbonyl (C=O) groups is 1. The van der Waals surface area contributed by atoms with Gasteiger partial charge < -0.3 is 24.5 Å². The van der Waals surface area contributed by atoms with Crippen molar-refractivity contribution in [3.63, 3.8) is 0 Å². The van der Waals surface area contributed by atoms with Gasteiger partial charge in [-0.05, 0) is 67.9 Å². The Hall–Kier alpha value is -4.58. The fourth-order valence-corrected chi connectivity index (χ4v) is 5.95. The Morgan fingerprint density at radius 2 is 1.94 bits per heavy atom. The minimum absolute atomic E-state index is 0.0617. The predicted molar refractivity (Wildman–Crippen MR) is 176 cm³/mol. The molecule has 2 N–H and O–H groups in total. The van der Waals surface area contributed by atoms with Crippen molar-refractivity contribution in [2.24, 2.45) is 0 Å². The molecule has 0 aliphatic carbocycles. The first-order valence-electron chi connectivity index (χ1n) is 15.5. The van der Waals surface area contributed by atoms with Crippen molar-refractivity contribution in [1.82, 2.24) is 29.7 Å². The van der Waals surface area contributed by atoms with Crippen LogP contribution in [0.5, 0.6) is 11.8 Å². The van der Waals surface area contributed by atoms with Gasteiger partial charge in [0.15, 0.2) is 0 Å². The Kier molecular flexibility index (Phi) is 10.3. The number of halogens is 2. The number of hydrogen-bond donors (Lipinski definition) is 2. The van der Waals surface area contributed by atoms with Crippen LogP contribution in [0.15, 0.2) is 72.9 Å². The largest absolute Gasteiger partial charge is 0.493 e. The van der Waals surface area contributed by atoms with Crippen LogP contribution in [0.1, 0.15) is 51.8 Å². The smallest absolute Gasteiger partial charge is 0.251 e. The minimum atomic E-state index is -0.400. The number of fused-ring (bicyclic) bond motifs is 1. The van der Waals surface area contributed by atoms with E-state index in [0.717, 1.165) is 54.0 Å². The van der Waals surface area contributed by atoms with Gasteiger partial charge in [-0.1, -0.05) is 29.8 Å². The summed E-state index contributed by atoms with van der Waals surface area (Å²) in [7, 11) is 1.68. The Balaban J connectivity index is 1.08. The van der Waals surface area contributed by atoms with Crippen LogP contribution in [-0.4, -0.2) is 62.2 Å². The van der Waals surface area contributed by atoms with E-state index in [9.17, 15) is 14.3 Å². The highest BCUT2D eigenvalue weighted by Gasteiger charge is 2.24. The van der Waals surface area contributed by atoms with E-state index >= 15 is 0 Å². The number of hydrogen-bond acceptors (Lipinski definition) is 8. The van der Waals surface area contributed by atoms with Crippen molar-refractivity contribution in [2.45, 2.75) is 45.0 Å². The molecule has 0 spiro atoms. The fourth-order valence-electron chi connectivity index (χ4n) is 5.80. The third-order valence-electron chi connectivity index (χ3n) is 8.38. The zero-order chi connectivity index (χ0) is 32.8. The van der Waals surface area contributed by atoms with E-state index in [0.29, 0.717) is 48.3 Å². The number of nitrogens with one attached hydrogen (secondary N) is 1. The molecule has 1 aliphatic rings. The molecule has 3 aromatic heterocycles. The molecular weight excluding hydrogens is 623 g/mol. The number of imidazole rings is 1. The molecule has 4 heterocycles. The number of amides is 1. The van der Waals surface area contributed by atoms with Crippen LogP contribution in [0.4, 0.5) is 4.39 Å². The molecule has 0 atom stereocenters. The average molecular weight is 659 g/mol. The number of likely N-dealkylation sites (tertiary alicyclic amines) is 1. The molecular formula is C35H36ClFN6O4. The van der Waals surface area contributed by atoms with Gasteiger partial charge in [0.05, 0.1) is 24.2 Å². The molecule has 6 rings (SSSR count). The van der Waals surface area contributed by atoms with E-state index < -0.39 is 5.82 Å². The summed E-state index contributed by atoms with van der Waals surface area (Å²) in [4.78, 5) is 28.9. The van der Waals surface area contributed by atoms with Crippen molar-refractivity contribution in [3.05, 3.63) is 112 Å². The summed E-state index contributed by atoms with van der Waals surface area (Å²) >= 11 is 5.86. The van der Waals surface area contributed by atoms with E-state index in [1.807, 2.05) is 30.3 Å². The van der Waals surface area contributed by atoms with Crippen molar-refractivity contribution in [1.29, 1.82) is 0 Å². The van der Waals surface area contributed by atoms with Gasteiger partial charge in [-0.15, -0.1) is 0 Å². The van der Waals surface area contributed by atoms with E-state index in [1.54, 1.807) is 31.4 Å². The summed E-state index contributed by atoms with van der Waals surface area (Å²) in [6, 6.07) is 19.1. The Morgan fingerprint density at radius 1 is 1.09 bits per heavy atom. The summed E-state index contributed by atoms with van der Waals surface area (Å²) in [5.74, 6) is 1.00. The monoisotopic (exact) mass is 658 g/mol. The maximum Gasteiger partial charge on any atom is 0.251 e. The first kappa shape index (κ1) is 32.4. The van der Waals surface area contributed by atoms with Crippen molar-refractivity contribution in [3.8, 4) is 11.8 Å². The molecule has 2 aromatic carbocycles. The van der Waals surface area contributed by atoms with E-state index in [2.05, 4.69) is 19.8 Å². The maximum absolute atomic E-state index is 14.2. The Bertz CT molecular complexity index is 1840. The lowest BCUT2D eigenvalue weighted by Gasteiger charge is -2.31. The van der Waals surface area contributed by atoms with Gasteiger partial charge in [-0.2, -0.15) is 0 Å². The number of piperidine rings is 1. The molecule has 1 amide bonds. The number of benzene rings is 2. The van der Waals surface area contributed by atoms with Crippen molar-refractivity contribution < 1.29 is 23.8 Å². The number of aromatic nitrogens is 4. The van der Waals surface area contributed by atoms with Crippen LogP contribution in [-0.2, 0) is 31.0 Å². The molecule has 1 aliphatic heterocycles. The number of methoxy groups -OCH3 is 1. The van der Waals surface area contributed by atoms with E-state index in [-0.39, 0.29) is 24.3 Å². The summed E-state index contributed by atoms with van der Waals surface area (Å²) < 4.78 is 27.6. The summed E-state index contributed by atoms with van der Waals surface area (Å²) in [6.07, 6.45) is 3.39. The van der Waals surface area contributed by atoms with Gasteiger partial charge in [0.25, 0.3) is 5.91 Å². The van der Waals surface area contributed by atoms with Crippen molar-refractivity contribution in [2.75, 3.05) is 26.8 Å². The first-order valence-corrected chi connectivity index (χ1v) is 15.9. The normalized spacial score (nSPS) is 14.0. The molecule has 0 saturated carbocycles. The number of nitrogens with zero attached hydrogens (tertiary/aromatic N) is 5. The second-order valence-electron chi connectivity index (χ2n) is 11.6. The van der Waals surface area contributed by atoms with Gasteiger partial charge in [0.2, 0.25) is 11.8 Å². The Labute approximate surface area is 277 Å². The number of aromatic hydroxyl groups is 1. The first-order chi connectivity index (χ1) is 22.9. The second-order valence-corrected chi connectivity index (χ2v) is 12.0. The number of ether oxygens (including phenoxy) is 2. The van der Waals surface area contributed by atoms with E-state index in [4.69, 9.17) is 31.0 Å². The van der Waals surface area contributed by atoms with Gasteiger partial charge in [0.1, 0.15) is 18.2 Å². The highest BCUT2D eigenvalue weighted by molar-refractivity contribution is 6.30. The standard InChI is InChI=1S/C35H36ClFN6O4/c1-46-16-15-43-31-9-7-25(35(45)39-20-23-5-10-33(44)38-19-23)17-30(31)40-32(43)21-42-13-11-24(12-14-42)29-3-2-4-34(41-29)47-22-26-6-8-27(36)18-28(26)37/h2-10,17-19,24H,11-16,20-22H2,1H3,(H,38,44)(H,39,45). The predicted octanol–water partition coefficient (Wildman–Crippen LogP) is 5.86. The zero-order valence-corrected chi connectivity index (χ0v) is 26.8. The van der Waals surface area contributed by atoms with E-state index in [1.165, 1.54) is 18.3 Å². The molecule has 244 valence electrons. The number of carbonyl (C=O) groups excluding carboxylic acids is 1. The number of pyridine rings is 2. The molecule has 1 fully saturated rings. The lowest BCUT2D eigenvalue weighted by Crippen LogP contribution is -2.33. The van der Waals surface area contributed by atoms with Gasteiger partial charge in [-0.25, -0.2) is 19.3 Å². The molecule has 0 radical (unpaired) electrons. The van der Waals surface area contributed by atoms with Gasteiger partial charge >= 0.3 is 0 Å². The molecule has 0 bridgehead atoms. The quantitative estimate of drug-likeness (QED) is 0.171. The number of rotatable bonds is 12. The molecule has 5 aromatic rings. The molecule has 12 heteroatoms. The van der Waals surface area contributed by atoms with Crippen molar-refractivity contribution >= 4 is 28.5 Å². The molecule has 10 nitrogen and oxygen atoms in total. The maximum atomic E-state index is 14.2. The minimum Gasteiger partial charge on any atom is -0.493 e. The summed E-state index contributed by atoms with van der Waals surface area (Å²) in [5.41, 5.74) is 4.41. The molecule has 47 heavy (non-hydrogen) atoms. The van der Waals surface area contributed by atoms with Crippen LogP contribution in [0.3, 0.4) is 0 Å². The average Bonchev–Trinajstić information content (AvgIpc) is 3.42. The van der Waals surface area contributed by atoms with Crippen LogP contribution in [0.2, 0.25) is 5.02 Å². The highest BCUT2D eigenvalue weighted by atomic mass is 35.5. The van der Waals surface area contributed by atoms with Gasteiger partial charge in [0, 0.05) is 66.3 Å². The molecule has 1 saturated heterocycles. The van der Waals surface area contributed by atoms with Crippen LogP contribution in [0, 0.1) is 5.82 Å². The second kappa shape index (κ2) is 14.9. The zero-order valence-electron chi connectivity index (χ0n) is 26.0. The highest BCUT2D eigenvalue weighted by Crippen LogP contribution is 2.29. The summed E-state index contributed by atoms with van der Waals surface area (Å²) in [6.45, 7) is 3.98. The topological polar surface area (TPSA) is 115 Å². The van der Waals surface area contributed by atoms with Crippen LogP contribution in [0.25, 0.3) is 11.0 Å². The van der Waals surface area contributed by atoms with Gasteiger partial charge in [-0.3, -0.25) is 9.69 Å². The fraction of sp³-hybridized carbons (Fsp3) is 0.314. The third-order valence-corrected chi connectivity index (χ3v) is 8.61.